The summed E-state index contributed by atoms with van der Waals surface area (Å²) in [4.78, 5) is 25.0. The predicted octanol–water partition coefficient (Wildman–Crippen LogP) is 4.03. The van der Waals surface area contributed by atoms with E-state index in [9.17, 15) is 13.8 Å². The van der Waals surface area contributed by atoms with Crippen LogP contribution in [0.1, 0.15) is 45.5 Å². The molecule has 2 N–H and O–H groups in total. The Morgan fingerprint density at radius 2 is 1.71 bits per heavy atom. The van der Waals surface area contributed by atoms with E-state index in [0.717, 1.165) is 44.2 Å². The SMILES string of the molecule is O=C(Nc1c2c(cc3c1CCC3)CCC2)NS1(=O)=NC(=O)c2ccc(Cl)cc21. The van der Waals surface area contributed by atoms with Crippen molar-refractivity contribution in [2.45, 2.75) is 43.4 Å². The molecular formula is C20H18ClN3O3S. The summed E-state index contributed by atoms with van der Waals surface area (Å²) in [6.45, 7) is 0. The third-order valence-corrected chi connectivity index (χ3v) is 7.68. The Balaban J connectivity index is 1.48. The summed E-state index contributed by atoms with van der Waals surface area (Å²) < 4.78 is 19.4. The summed E-state index contributed by atoms with van der Waals surface area (Å²) in [5, 5.41) is 3.25. The fourth-order valence-electron chi connectivity index (χ4n) is 4.43. The summed E-state index contributed by atoms with van der Waals surface area (Å²) in [6, 6.07) is 6.09. The van der Waals surface area contributed by atoms with E-state index < -0.39 is 21.9 Å². The van der Waals surface area contributed by atoms with Gasteiger partial charge in [0, 0.05) is 10.7 Å². The van der Waals surface area contributed by atoms with E-state index in [0.29, 0.717) is 5.02 Å². The van der Waals surface area contributed by atoms with Gasteiger partial charge in [0.15, 0.2) is 9.92 Å². The van der Waals surface area contributed by atoms with Gasteiger partial charge >= 0.3 is 6.03 Å². The van der Waals surface area contributed by atoms with Crippen LogP contribution >= 0.6 is 11.6 Å². The van der Waals surface area contributed by atoms with Crippen molar-refractivity contribution in [2.75, 3.05) is 5.32 Å². The molecular weight excluding hydrogens is 398 g/mol. The van der Waals surface area contributed by atoms with E-state index in [-0.39, 0.29) is 10.5 Å². The Labute approximate surface area is 168 Å². The van der Waals surface area contributed by atoms with Gasteiger partial charge in [-0.05, 0) is 79.0 Å². The minimum Gasteiger partial charge on any atom is -0.307 e. The van der Waals surface area contributed by atoms with Crippen molar-refractivity contribution >= 4 is 39.1 Å². The molecule has 0 fully saturated rings. The molecule has 2 aromatic rings. The highest BCUT2D eigenvalue weighted by atomic mass is 35.5. The van der Waals surface area contributed by atoms with E-state index in [4.69, 9.17) is 11.6 Å². The molecule has 6 nitrogen and oxygen atoms in total. The monoisotopic (exact) mass is 415 g/mol. The fraction of sp³-hybridized carbons (Fsp3) is 0.300. The minimum absolute atomic E-state index is 0.156. The van der Waals surface area contributed by atoms with Crippen LogP contribution in [0.2, 0.25) is 5.02 Å². The van der Waals surface area contributed by atoms with E-state index in [1.807, 2.05) is 0 Å². The van der Waals surface area contributed by atoms with Crippen LogP contribution in [-0.2, 0) is 35.6 Å². The molecule has 3 aliphatic rings. The number of anilines is 1. The van der Waals surface area contributed by atoms with Gasteiger partial charge < -0.3 is 5.32 Å². The number of carbonyl (C=O) groups excluding carboxylic acids is 2. The molecule has 2 aromatic carbocycles. The highest BCUT2D eigenvalue weighted by molar-refractivity contribution is 7.93. The van der Waals surface area contributed by atoms with Gasteiger partial charge in [-0.1, -0.05) is 17.7 Å². The maximum absolute atomic E-state index is 13.2. The first-order valence-corrected chi connectivity index (χ1v) is 11.2. The predicted molar refractivity (Wildman–Crippen MR) is 107 cm³/mol. The first-order valence-electron chi connectivity index (χ1n) is 9.31. The van der Waals surface area contributed by atoms with Crippen LogP contribution in [0.15, 0.2) is 33.5 Å². The lowest BCUT2D eigenvalue weighted by Crippen LogP contribution is -2.34. The number of nitrogens with zero attached hydrogens (tertiary/aromatic N) is 1. The van der Waals surface area contributed by atoms with Crippen molar-refractivity contribution in [3.8, 4) is 0 Å². The average Bonchev–Trinajstić information content (AvgIpc) is 3.34. The maximum Gasteiger partial charge on any atom is 0.331 e. The van der Waals surface area contributed by atoms with Crippen molar-refractivity contribution in [3.63, 3.8) is 0 Å². The van der Waals surface area contributed by atoms with Crippen molar-refractivity contribution in [1.82, 2.24) is 4.72 Å². The molecule has 1 unspecified atom stereocenters. The molecule has 1 aliphatic heterocycles. The van der Waals surface area contributed by atoms with Gasteiger partial charge in [-0.2, -0.15) is 0 Å². The normalized spacial score (nSPS) is 21.7. The number of halogens is 1. The van der Waals surface area contributed by atoms with Gasteiger partial charge in [0.1, 0.15) is 0 Å². The zero-order valence-electron chi connectivity index (χ0n) is 15.0. The maximum atomic E-state index is 13.2. The zero-order valence-corrected chi connectivity index (χ0v) is 16.6. The van der Waals surface area contributed by atoms with Crippen molar-refractivity contribution in [1.29, 1.82) is 0 Å². The van der Waals surface area contributed by atoms with Crippen LogP contribution in [-0.4, -0.2) is 16.1 Å². The number of rotatable bonds is 2. The van der Waals surface area contributed by atoms with Gasteiger partial charge in [-0.3, -0.25) is 4.79 Å². The Morgan fingerprint density at radius 3 is 2.39 bits per heavy atom. The summed E-state index contributed by atoms with van der Waals surface area (Å²) in [5.74, 6) is -0.613. The van der Waals surface area contributed by atoms with Crippen LogP contribution < -0.4 is 10.0 Å². The molecule has 0 bridgehead atoms. The molecule has 28 heavy (non-hydrogen) atoms. The van der Waals surface area contributed by atoms with E-state index in [2.05, 4.69) is 20.5 Å². The first-order chi connectivity index (χ1) is 13.4. The third-order valence-electron chi connectivity index (χ3n) is 5.63. The Kier molecular flexibility index (Phi) is 4.00. The van der Waals surface area contributed by atoms with Gasteiger partial charge in [0.05, 0.1) is 10.5 Å². The smallest absolute Gasteiger partial charge is 0.307 e. The second kappa shape index (κ2) is 6.32. The molecule has 144 valence electrons. The van der Waals surface area contributed by atoms with E-state index in [1.165, 1.54) is 40.5 Å². The number of hydrogen-bond acceptors (Lipinski definition) is 3. The molecule has 0 saturated carbocycles. The summed E-state index contributed by atoms with van der Waals surface area (Å²) in [6.07, 6.45) is 6.03. The highest BCUT2D eigenvalue weighted by Gasteiger charge is 2.32. The molecule has 0 spiro atoms. The summed E-state index contributed by atoms with van der Waals surface area (Å²) in [5.41, 5.74) is 5.98. The number of benzene rings is 2. The van der Waals surface area contributed by atoms with Crippen LogP contribution in [0.25, 0.3) is 0 Å². The highest BCUT2D eigenvalue weighted by Crippen LogP contribution is 2.38. The standard InChI is InChI=1S/C20H18ClN3O3S/c21-13-7-8-16-17(10-13)28(27,23-19(16)25)24-20(26)22-18-14-5-1-3-11(14)9-12-4-2-6-15(12)18/h7-10H,1-6H2,(H2,22,23,24,25,26,27). The number of amides is 3. The Morgan fingerprint density at radius 1 is 1.04 bits per heavy atom. The minimum atomic E-state index is -3.40. The molecule has 8 heteroatoms. The number of aryl methyl sites for hydroxylation is 2. The summed E-state index contributed by atoms with van der Waals surface area (Å²) >= 11 is 5.99. The zero-order chi connectivity index (χ0) is 19.5. The molecule has 2 aliphatic carbocycles. The Hall–Kier alpha value is -2.38. The molecule has 0 aromatic heterocycles. The number of fused-ring (bicyclic) bond motifs is 3. The molecule has 3 amide bonds. The lowest BCUT2D eigenvalue weighted by atomic mass is 9.99. The number of carbonyl (C=O) groups is 2. The summed E-state index contributed by atoms with van der Waals surface area (Å²) in [7, 11) is -3.40. The number of nitrogens with one attached hydrogen (secondary N) is 2. The second-order valence-electron chi connectivity index (χ2n) is 7.35. The van der Waals surface area contributed by atoms with E-state index in [1.54, 1.807) is 0 Å². The second-order valence-corrected chi connectivity index (χ2v) is 9.67. The quantitative estimate of drug-likeness (QED) is 0.776. The molecule has 1 heterocycles. The topological polar surface area (TPSA) is 87.6 Å². The van der Waals surface area contributed by atoms with Crippen molar-refractivity contribution < 1.29 is 13.8 Å². The number of hydrogen-bond donors (Lipinski definition) is 2. The molecule has 5 rings (SSSR count). The lowest BCUT2D eigenvalue weighted by Gasteiger charge is -2.17. The Bertz CT molecular complexity index is 1150. The molecule has 1 atom stereocenters. The number of urea groups is 1. The fourth-order valence-corrected chi connectivity index (χ4v) is 6.29. The average molecular weight is 416 g/mol. The lowest BCUT2D eigenvalue weighted by molar-refractivity contribution is 0.101. The third kappa shape index (κ3) is 2.72. The largest absolute Gasteiger partial charge is 0.331 e. The van der Waals surface area contributed by atoms with Gasteiger partial charge in [0.25, 0.3) is 5.91 Å². The van der Waals surface area contributed by atoms with Crippen LogP contribution in [0.3, 0.4) is 0 Å². The van der Waals surface area contributed by atoms with Crippen molar-refractivity contribution in [3.05, 3.63) is 57.1 Å². The molecule has 0 radical (unpaired) electrons. The van der Waals surface area contributed by atoms with Gasteiger partial charge in [0.2, 0.25) is 0 Å². The van der Waals surface area contributed by atoms with Crippen LogP contribution in [0.4, 0.5) is 10.5 Å². The van der Waals surface area contributed by atoms with E-state index >= 15 is 0 Å². The van der Waals surface area contributed by atoms with Crippen LogP contribution in [0.5, 0.6) is 0 Å². The van der Waals surface area contributed by atoms with Crippen LogP contribution in [0, 0.1) is 0 Å². The molecule has 0 saturated heterocycles. The first kappa shape index (κ1) is 17.7. The van der Waals surface area contributed by atoms with Crippen molar-refractivity contribution in [2.24, 2.45) is 4.36 Å². The van der Waals surface area contributed by atoms with Gasteiger partial charge in [-0.15, -0.1) is 4.36 Å². The van der Waals surface area contributed by atoms with Gasteiger partial charge in [-0.25, -0.2) is 13.7 Å².